The van der Waals surface area contributed by atoms with Crippen LogP contribution in [0, 0.1) is 5.92 Å². The predicted octanol–water partition coefficient (Wildman–Crippen LogP) is 5.02. The average molecular weight is 469 g/mol. The van der Waals surface area contributed by atoms with Gasteiger partial charge in [-0.15, -0.1) is 0 Å². The number of unbranched alkanes of at least 4 members (excludes halogenated alkanes) is 1. The van der Waals surface area contributed by atoms with Crippen LogP contribution in [-0.2, 0) is 19.1 Å². The molecule has 0 aliphatic heterocycles. The molecule has 1 aromatic rings. The van der Waals surface area contributed by atoms with Gasteiger partial charge in [0.1, 0.15) is 0 Å². The summed E-state index contributed by atoms with van der Waals surface area (Å²) in [6.45, 7) is 4.03. The zero-order valence-corrected chi connectivity index (χ0v) is 19.8. The van der Waals surface area contributed by atoms with Crippen LogP contribution in [0.3, 0.4) is 0 Å². The molecule has 0 radical (unpaired) electrons. The van der Waals surface area contributed by atoms with E-state index in [1.54, 1.807) is 13.8 Å². The van der Waals surface area contributed by atoms with E-state index < -0.39 is 36.2 Å². The van der Waals surface area contributed by atoms with Gasteiger partial charge < -0.3 is 0 Å². The molecule has 1 unspecified atom stereocenters. The summed E-state index contributed by atoms with van der Waals surface area (Å²) in [7, 11) is 0. The van der Waals surface area contributed by atoms with Crippen molar-refractivity contribution in [2.24, 2.45) is 5.92 Å². The fraction of sp³-hybridized carbons (Fsp3) is 0.619. The van der Waals surface area contributed by atoms with Crippen LogP contribution in [0.25, 0.3) is 0 Å². The van der Waals surface area contributed by atoms with Crippen LogP contribution in [0.15, 0.2) is 30.3 Å². The van der Waals surface area contributed by atoms with Gasteiger partial charge in [-0.1, -0.05) is 0 Å². The molecule has 0 aliphatic rings. The second-order valence-corrected chi connectivity index (χ2v) is 23.8. The summed E-state index contributed by atoms with van der Waals surface area (Å²) >= 11 is -1.79. The van der Waals surface area contributed by atoms with E-state index in [-0.39, 0.29) is 19.1 Å². The van der Waals surface area contributed by atoms with Gasteiger partial charge in [-0.05, 0) is 0 Å². The molecule has 146 valence electrons. The van der Waals surface area contributed by atoms with Gasteiger partial charge in [-0.3, -0.25) is 0 Å². The summed E-state index contributed by atoms with van der Waals surface area (Å²) in [4.78, 5) is 32.4. The van der Waals surface area contributed by atoms with E-state index in [0.29, 0.717) is 0 Å². The van der Waals surface area contributed by atoms with Gasteiger partial charge in [-0.2, -0.15) is 0 Å². The first-order chi connectivity index (χ1) is 12.3. The zero-order chi connectivity index (χ0) is 19.6. The fourth-order valence-electron chi connectivity index (χ4n) is 3.13. The molecule has 4 nitrogen and oxygen atoms in total. The van der Waals surface area contributed by atoms with Gasteiger partial charge in [0, 0.05) is 0 Å². The van der Waals surface area contributed by atoms with Gasteiger partial charge in [-0.25, -0.2) is 0 Å². The number of rotatable bonds is 11. The number of esters is 2. The molecule has 0 aromatic heterocycles. The monoisotopic (exact) mass is 470 g/mol. The minimum absolute atomic E-state index is 0.204. The Morgan fingerprint density at radius 1 is 0.923 bits per heavy atom. The summed E-state index contributed by atoms with van der Waals surface area (Å²) in [5, 5.41) is 0. The molecule has 0 saturated heterocycles. The van der Waals surface area contributed by atoms with Gasteiger partial charge >= 0.3 is 163 Å². The molecule has 0 aliphatic carbocycles. The normalized spacial score (nSPS) is 12.7. The van der Waals surface area contributed by atoms with Crippen molar-refractivity contribution in [3.63, 3.8) is 0 Å². The minimum atomic E-state index is -1.79. The third-order valence-corrected chi connectivity index (χ3v) is 9.69. The summed E-state index contributed by atoms with van der Waals surface area (Å²) in [5.41, 5.74) is 0.998. The fourth-order valence-corrected chi connectivity index (χ4v) is 6.88. The Morgan fingerprint density at radius 2 is 1.46 bits per heavy atom. The van der Waals surface area contributed by atoms with Crippen molar-refractivity contribution < 1.29 is 19.1 Å². The number of hydrogen-bond acceptors (Lipinski definition) is 4. The van der Waals surface area contributed by atoms with E-state index in [2.05, 4.69) is 14.8 Å². The maximum atomic E-state index is 12.6. The molecule has 1 atom stereocenters. The van der Waals surface area contributed by atoms with Crippen molar-refractivity contribution in [2.45, 2.75) is 58.3 Å². The Hall–Kier alpha value is -1.04. The second kappa shape index (κ2) is 11.6. The molecule has 1 aromatic carbocycles. The van der Waals surface area contributed by atoms with E-state index in [9.17, 15) is 9.59 Å². The van der Waals surface area contributed by atoms with Gasteiger partial charge in [0.15, 0.2) is 0 Å². The van der Waals surface area contributed by atoms with E-state index in [0.717, 1.165) is 24.8 Å². The number of hydrogen-bond donors (Lipinski definition) is 0. The van der Waals surface area contributed by atoms with Crippen LogP contribution in [0.2, 0.25) is 19.3 Å². The van der Waals surface area contributed by atoms with Crippen LogP contribution in [0.1, 0.15) is 44.6 Å². The molecule has 0 saturated carbocycles. The molecule has 0 fully saturated rings. The Bertz CT molecular complexity index is 533. The zero-order valence-electron chi connectivity index (χ0n) is 16.9. The van der Waals surface area contributed by atoms with Crippen molar-refractivity contribution in [1.29, 1.82) is 0 Å². The molecule has 0 spiro atoms. The van der Waals surface area contributed by atoms with Crippen molar-refractivity contribution in [3.05, 3.63) is 35.9 Å². The third-order valence-electron chi connectivity index (χ3n) is 4.40. The molecular weight excluding hydrogens is 435 g/mol. The standard InChI is InChI=1S/C18H25O4.3CH3.Sn/c1-4-7-13-15(14-11-9-8-10-12-14)16(17(19)21-5-2)18(20)22-6-3;;;;/h8-12,15-16H,1,4-7,13H2,2-3H3;3*1H3;. The van der Waals surface area contributed by atoms with Gasteiger partial charge in [0.05, 0.1) is 0 Å². The molecule has 0 N–H and O–H groups in total. The van der Waals surface area contributed by atoms with Crippen LogP contribution < -0.4 is 0 Å². The summed E-state index contributed by atoms with van der Waals surface area (Å²) in [6.07, 6.45) is 2.94. The second-order valence-electron chi connectivity index (χ2n) is 7.81. The molecule has 0 heterocycles. The van der Waals surface area contributed by atoms with Crippen molar-refractivity contribution in [1.82, 2.24) is 0 Å². The molecule has 1 rings (SSSR count). The van der Waals surface area contributed by atoms with Crippen molar-refractivity contribution in [3.8, 4) is 0 Å². The number of ether oxygens (including phenoxy) is 2. The summed E-state index contributed by atoms with van der Waals surface area (Å²) in [6, 6.07) is 9.80. The average Bonchev–Trinajstić information content (AvgIpc) is 2.57. The van der Waals surface area contributed by atoms with E-state index in [1.807, 2.05) is 30.3 Å². The first kappa shape index (κ1) is 23.0. The Morgan fingerprint density at radius 3 is 1.92 bits per heavy atom. The Balaban J connectivity index is 3.01. The summed E-state index contributed by atoms with van der Waals surface area (Å²) < 4.78 is 11.7. The predicted molar refractivity (Wildman–Crippen MR) is 108 cm³/mol. The molecule has 0 amide bonds. The summed E-state index contributed by atoms with van der Waals surface area (Å²) in [5.74, 6) is -2.05. The topological polar surface area (TPSA) is 52.6 Å². The van der Waals surface area contributed by atoms with Crippen LogP contribution in [0.4, 0.5) is 0 Å². The first-order valence-electron chi connectivity index (χ1n) is 9.68. The van der Waals surface area contributed by atoms with E-state index >= 15 is 0 Å². The molecule has 5 heteroatoms. The quantitative estimate of drug-likeness (QED) is 0.198. The van der Waals surface area contributed by atoms with Crippen LogP contribution >= 0.6 is 0 Å². The van der Waals surface area contributed by atoms with Crippen LogP contribution in [-0.4, -0.2) is 43.5 Å². The number of carbonyl (C=O) groups is 2. The number of carbonyl (C=O) groups excluding carboxylic acids is 2. The van der Waals surface area contributed by atoms with E-state index in [4.69, 9.17) is 9.47 Å². The number of benzene rings is 1. The van der Waals surface area contributed by atoms with Gasteiger partial charge in [0.2, 0.25) is 0 Å². The van der Waals surface area contributed by atoms with Crippen molar-refractivity contribution >= 4 is 30.3 Å². The van der Waals surface area contributed by atoms with Gasteiger partial charge in [0.25, 0.3) is 0 Å². The molecular formula is C21H34O4Sn. The Labute approximate surface area is 162 Å². The first-order valence-corrected chi connectivity index (χ1v) is 20.3. The maximum absolute atomic E-state index is 12.6. The SMILES string of the molecule is CCOC(=O)C(C(=O)OCC)C(CCC[CH2][Sn]([CH3])([CH3])[CH3])c1ccccc1. The van der Waals surface area contributed by atoms with Crippen molar-refractivity contribution in [2.75, 3.05) is 13.2 Å². The molecule has 0 bridgehead atoms. The Kier molecular flexibility index (Phi) is 10.3. The third kappa shape index (κ3) is 8.10. The van der Waals surface area contributed by atoms with E-state index in [1.165, 1.54) is 4.44 Å². The molecule has 26 heavy (non-hydrogen) atoms. The van der Waals surface area contributed by atoms with Crippen LogP contribution in [0.5, 0.6) is 0 Å².